The highest BCUT2D eigenvalue weighted by atomic mass is 32.1. The Balaban J connectivity index is 1.98. The van der Waals surface area contributed by atoms with E-state index in [9.17, 15) is 5.11 Å². The first-order valence-electron chi connectivity index (χ1n) is 7.86. The summed E-state index contributed by atoms with van der Waals surface area (Å²) >= 11 is 1.57. The van der Waals surface area contributed by atoms with E-state index in [4.69, 9.17) is 9.97 Å². The number of benzene rings is 1. The summed E-state index contributed by atoms with van der Waals surface area (Å²) in [6.45, 7) is -0.127. The number of aromatic nitrogens is 3. The highest BCUT2D eigenvalue weighted by Crippen LogP contribution is 2.38. The second-order valence-electron chi connectivity index (χ2n) is 5.62. The Labute approximate surface area is 149 Å². The minimum atomic E-state index is -0.127. The molecule has 0 aliphatic rings. The molecule has 3 aromatic heterocycles. The van der Waals surface area contributed by atoms with Gasteiger partial charge in [-0.15, -0.1) is 11.3 Å². The first kappa shape index (κ1) is 15.7. The second-order valence-corrected chi connectivity index (χ2v) is 6.48. The lowest BCUT2D eigenvalue weighted by Gasteiger charge is -2.17. The minimum Gasteiger partial charge on any atom is -0.376 e. The van der Waals surface area contributed by atoms with Gasteiger partial charge in [-0.25, -0.2) is 9.97 Å². The molecule has 6 heteroatoms. The van der Waals surface area contributed by atoms with E-state index in [1.165, 1.54) is 0 Å². The van der Waals surface area contributed by atoms with Crippen LogP contribution in [-0.2, 0) is 0 Å². The van der Waals surface area contributed by atoms with E-state index in [1.807, 2.05) is 43.4 Å². The highest BCUT2D eigenvalue weighted by Gasteiger charge is 2.18. The molecule has 0 saturated heterocycles. The van der Waals surface area contributed by atoms with E-state index in [1.54, 1.807) is 22.4 Å². The lowest BCUT2D eigenvalue weighted by molar-refractivity contribution is 0.298. The van der Waals surface area contributed by atoms with Gasteiger partial charge in [0.1, 0.15) is 23.1 Å². The van der Waals surface area contributed by atoms with Gasteiger partial charge >= 0.3 is 0 Å². The van der Waals surface area contributed by atoms with Crippen molar-refractivity contribution in [3.8, 4) is 22.6 Å². The summed E-state index contributed by atoms with van der Waals surface area (Å²) in [4.78, 5) is 16.3. The fourth-order valence-corrected chi connectivity index (χ4v) is 3.65. The van der Waals surface area contributed by atoms with Gasteiger partial charge in [0, 0.05) is 24.2 Å². The second kappa shape index (κ2) is 6.58. The van der Waals surface area contributed by atoms with E-state index in [-0.39, 0.29) is 6.73 Å². The van der Waals surface area contributed by atoms with Crippen molar-refractivity contribution in [2.45, 2.75) is 0 Å². The predicted molar refractivity (Wildman–Crippen MR) is 102 cm³/mol. The number of thiophene rings is 1. The zero-order valence-corrected chi connectivity index (χ0v) is 14.4. The average molecular weight is 348 g/mol. The number of fused-ring (bicyclic) bond motifs is 1. The van der Waals surface area contributed by atoms with Gasteiger partial charge in [0.05, 0.1) is 5.39 Å². The van der Waals surface area contributed by atoms with Crippen LogP contribution in [0.1, 0.15) is 0 Å². The maximum atomic E-state index is 9.66. The SMILES string of the molecule is CN(CO)c1nc(-c2ccccn2)nc2scc(-c3ccccc3)c12. The van der Waals surface area contributed by atoms with Crippen LogP contribution in [0.3, 0.4) is 0 Å². The van der Waals surface area contributed by atoms with Crippen LogP contribution >= 0.6 is 11.3 Å². The summed E-state index contributed by atoms with van der Waals surface area (Å²) < 4.78 is 0. The predicted octanol–water partition coefficient (Wildman–Crippen LogP) is 3.81. The third kappa shape index (κ3) is 2.86. The van der Waals surface area contributed by atoms with Crippen LogP contribution in [0.5, 0.6) is 0 Å². The highest BCUT2D eigenvalue weighted by molar-refractivity contribution is 7.17. The maximum absolute atomic E-state index is 9.66. The number of aliphatic hydroxyl groups is 1. The summed E-state index contributed by atoms with van der Waals surface area (Å²) in [6.07, 6.45) is 1.72. The summed E-state index contributed by atoms with van der Waals surface area (Å²) in [5.74, 6) is 1.26. The maximum Gasteiger partial charge on any atom is 0.181 e. The molecule has 4 aromatic rings. The number of hydrogen-bond donors (Lipinski definition) is 1. The van der Waals surface area contributed by atoms with Crippen molar-refractivity contribution >= 4 is 27.4 Å². The lowest BCUT2D eigenvalue weighted by atomic mass is 10.1. The average Bonchev–Trinajstić information content (AvgIpc) is 3.12. The van der Waals surface area contributed by atoms with Crippen LogP contribution in [0.25, 0.3) is 32.9 Å². The van der Waals surface area contributed by atoms with E-state index in [2.05, 4.69) is 22.5 Å². The fourth-order valence-electron chi connectivity index (χ4n) is 2.71. The van der Waals surface area contributed by atoms with E-state index in [0.29, 0.717) is 17.3 Å². The normalized spacial score (nSPS) is 11.0. The van der Waals surface area contributed by atoms with Gasteiger partial charge in [-0.1, -0.05) is 36.4 Å². The number of hydrogen-bond acceptors (Lipinski definition) is 6. The number of rotatable bonds is 4. The molecule has 1 N–H and O–H groups in total. The van der Waals surface area contributed by atoms with Crippen LogP contribution in [-0.4, -0.2) is 33.8 Å². The lowest BCUT2D eigenvalue weighted by Crippen LogP contribution is -2.20. The summed E-state index contributed by atoms with van der Waals surface area (Å²) in [5, 5.41) is 12.7. The Hall–Kier alpha value is -2.83. The smallest absolute Gasteiger partial charge is 0.181 e. The van der Waals surface area contributed by atoms with Crippen molar-refractivity contribution in [2.24, 2.45) is 0 Å². The monoisotopic (exact) mass is 348 g/mol. The quantitative estimate of drug-likeness (QED) is 0.568. The molecule has 0 saturated carbocycles. The van der Waals surface area contributed by atoms with Gasteiger partial charge < -0.3 is 10.0 Å². The van der Waals surface area contributed by atoms with Gasteiger partial charge in [-0.05, 0) is 17.7 Å². The molecule has 0 aliphatic carbocycles. The molecule has 124 valence electrons. The van der Waals surface area contributed by atoms with Crippen LogP contribution < -0.4 is 4.90 Å². The number of anilines is 1. The van der Waals surface area contributed by atoms with Gasteiger partial charge in [-0.3, -0.25) is 4.98 Å². The zero-order chi connectivity index (χ0) is 17.2. The van der Waals surface area contributed by atoms with Crippen molar-refractivity contribution in [1.82, 2.24) is 15.0 Å². The number of nitrogens with zero attached hydrogens (tertiary/aromatic N) is 4. The molecular formula is C19H16N4OS. The fraction of sp³-hybridized carbons (Fsp3) is 0.105. The van der Waals surface area contributed by atoms with Crippen molar-refractivity contribution in [2.75, 3.05) is 18.7 Å². The van der Waals surface area contributed by atoms with E-state index < -0.39 is 0 Å². The molecular weight excluding hydrogens is 332 g/mol. The standard InChI is InChI=1S/C19H16N4OS/c1-23(12-24)18-16-14(13-7-3-2-4-8-13)11-25-19(16)22-17(21-18)15-9-5-6-10-20-15/h2-11,24H,12H2,1H3. The molecule has 0 bridgehead atoms. The van der Waals surface area contributed by atoms with Crippen LogP contribution in [0.15, 0.2) is 60.1 Å². The molecule has 0 amide bonds. The molecule has 0 atom stereocenters. The molecule has 0 fully saturated rings. The molecule has 5 nitrogen and oxygen atoms in total. The molecule has 4 rings (SSSR count). The molecule has 25 heavy (non-hydrogen) atoms. The molecule has 0 spiro atoms. The van der Waals surface area contributed by atoms with Crippen molar-refractivity contribution in [1.29, 1.82) is 0 Å². The Morgan fingerprint density at radius 1 is 1.04 bits per heavy atom. The van der Waals surface area contributed by atoms with Gasteiger partial charge in [-0.2, -0.15) is 0 Å². The third-order valence-electron chi connectivity index (χ3n) is 3.97. The summed E-state index contributed by atoms with van der Waals surface area (Å²) in [7, 11) is 1.82. The molecule has 1 aromatic carbocycles. The number of aliphatic hydroxyl groups excluding tert-OH is 1. The van der Waals surface area contributed by atoms with Crippen LogP contribution in [0.2, 0.25) is 0 Å². The topological polar surface area (TPSA) is 62.1 Å². The third-order valence-corrected chi connectivity index (χ3v) is 4.84. The zero-order valence-electron chi connectivity index (χ0n) is 13.6. The Morgan fingerprint density at radius 2 is 1.84 bits per heavy atom. The molecule has 0 aliphatic heterocycles. The summed E-state index contributed by atoms with van der Waals surface area (Å²) in [6, 6.07) is 15.8. The Morgan fingerprint density at radius 3 is 2.56 bits per heavy atom. The largest absolute Gasteiger partial charge is 0.376 e. The molecule has 3 heterocycles. The van der Waals surface area contributed by atoms with E-state index in [0.717, 1.165) is 21.3 Å². The van der Waals surface area contributed by atoms with Crippen molar-refractivity contribution < 1.29 is 5.11 Å². The van der Waals surface area contributed by atoms with Gasteiger partial charge in [0.15, 0.2) is 5.82 Å². The van der Waals surface area contributed by atoms with Crippen LogP contribution in [0, 0.1) is 0 Å². The van der Waals surface area contributed by atoms with Crippen LogP contribution in [0.4, 0.5) is 5.82 Å². The Kier molecular flexibility index (Phi) is 4.13. The first-order valence-corrected chi connectivity index (χ1v) is 8.74. The minimum absolute atomic E-state index is 0.127. The van der Waals surface area contributed by atoms with E-state index >= 15 is 0 Å². The summed E-state index contributed by atoms with van der Waals surface area (Å²) in [5.41, 5.74) is 2.89. The van der Waals surface area contributed by atoms with Gasteiger partial charge in [0.2, 0.25) is 0 Å². The van der Waals surface area contributed by atoms with Gasteiger partial charge in [0.25, 0.3) is 0 Å². The number of pyridine rings is 1. The molecule has 0 unspecified atom stereocenters. The van der Waals surface area contributed by atoms with Crippen molar-refractivity contribution in [3.05, 3.63) is 60.1 Å². The Bertz CT molecular complexity index is 1000. The molecule has 0 radical (unpaired) electrons. The first-order chi connectivity index (χ1) is 12.3. The van der Waals surface area contributed by atoms with Crippen molar-refractivity contribution in [3.63, 3.8) is 0 Å².